The first-order valence-corrected chi connectivity index (χ1v) is 7.90. The maximum absolute atomic E-state index is 5.98. The van der Waals surface area contributed by atoms with Crippen LogP contribution in [-0.4, -0.2) is 4.98 Å². The van der Waals surface area contributed by atoms with E-state index in [1.807, 2.05) is 24.3 Å². The van der Waals surface area contributed by atoms with Gasteiger partial charge in [0.05, 0.1) is 9.99 Å². The van der Waals surface area contributed by atoms with Gasteiger partial charge in [0.15, 0.2) is 5.58 Å². The number of para-hydroxylation sites is 1. The lowest BCUT2D eigenvalue weighted by molar-refractivity contribution is 0.654. The summed E-state index contributed by atoms with van der Waals surface area (Å²) in [5.74, 6) is 0. The smallest absolute Gasteiger partial charge is 0.227 e. The van der Waals surface area contributed by atoms with E-state index in [4.69, 9.17) is 9.40 Å². The molecular formula is C19H10BrNO. The number of aromatic nitrogens is 1. The van der Waals surface area contributed by atoms with Crippen LogP contribution in [0.25, 0.3) is 43.7 Å². The predicted octanol–water partition coefficient (Wildman–Crippen LogP) is 6.05. The summed E-state index contributed by atoms with van der Waals surface area (Å²) in [5.41, 5.74) is 2.52. The minimum absolute atomic E-state index is 0.686. The van der Waals surface area contributed by atoms with Gasteiger partial charge in [-0.2, -0.15) is 0 Å². The summed E-state index contributed by atoms with van der Waals surface area (Å²) in [6, 6.07) is 20.8. The average Bonchev–Trinajstić information content (AvgIpc) is 2.92. The van der Waals surface area contributed by atoms with Gasteiger partial charge in [0.25, 0.3) is 0 Å². The van der Waals surface area contributed by atoms with E-state index >= 15 is 0 Å². The van der Waals surface area contributed by atoms with Crippen molar-refractivity contribution in [1.82, 2.24) is 4.98 Å². The minimum atomic E-state index is 0.686. The second-order valence-corrected chi connectivity index (χ2v) is 6.27. The van der Waals surface area contributed by atoms with Crippen LogP contribution in [0, 0.1) is 0 Å². The maximum Gasteiger partial charge on any atom is 0.227 e. The molecule has 0 atom stereocenters. The van der Waals surface area contributed by atoms with E-state index in [9.17, 15) is 0 Å². The molecule has 5 aromatic rings. The summed E-state index contributed by atoms with van der Waals surface area (Å²) in [5, 5.41) is 5.63. The van der Waals surface area contributed by atoms with Crippen molar-refractivity contribution >= 4 is 59.7 Å². The Morgan fingerprint density at radius 3 is 2.55 bits per heavy atom. The third-order valence-corrected chi connectivity index (χ3v) is 4.76. The molecule has 0 spiro atoms. The number of fused-ring (bicyclic) bond motifs is 6. The van der Waals surface area contributed by atoms with Crippen molar-refractivity contribution in [2.24, 2.45) is 0 Å². The molecule has 2 heterocycles. The van der Waals surface area contributed by atoms with Crippen molar-refractivity contribution in [3.63, 3.8) is 0 Å². The van der Waals surface area contributed by atoms with Crippen molar-refractivity contribution < 1.29 is 4.42 Å². The van der Waals surface area contributed by atoms with Gasteiger partial charge >= 0.3 is 0 Å². The Morgan fingerprint density at radius 2 is 1.59 bits per heavy atom. The fourth-order valence-corrected chi connectivity index (χ4v) is 3.53. The molecule has 0 aliphatic rings. The monoisotopic (exact) mass is 347 g/mol. The Bertz CT molecular complexity index is 1190. The largest absolute Gasteiger partial charge is 0.436 e. The molecular weight excluding hydrogens is 338 g/mol. The molecule has 3 aromatic carbocycles. The van der Waals surface area contributed by atoms with Crippen LogP contribution in [0.15, 0.2) is 69.6 Å². The molecule has 0 radical (unpaired) electrons. The van der Waals surface area contributed by atoms with E-state index in [0.29, 0.717) is 5.71 Å². The van der Waals surface area contributed by atoms with Crippen LogP contribution in [0.1, 0.15) is 0 Å². The Kier molecular flexibility index (Phi) is 2.38. The SMILES string of the molecule is Brc1cccc2c1oc1nc3c(ccc4ccccc43)cc12. The predicted molar refractivity (Wildman–Crippen MR) is 94.2 cm³/mol. The maximum atomic E-state index is 5.98. The molecule has 0 saturated heterocycles. The van der Waals surface area contributed by atoms with Crippen LogP contribution >= 0.6 is 15.9 Å². The number of nitrogens with zero attached hydrogens (tertiary/aromatic N) is 1. The molecule has 2 nitrogen and oxygen atoms in total. The number of hydrogen-bond donors (Lipinski definition) is 0. The number of rotatable bonds is 0. The molecule has 0 fully saturated rings. The fraction of sp³-hybridized carbons (Fsp3) is 0. The zero-order valence-corrected chi connectivity index (χ0v) is 13.1. The third kappa shape index (κ3) is 1.57. The highest BCUT2D eigenvalue weighted by atomic mass is 79.9. The molecule has 104 valence electrons. The van der Waals surface area contributed by atoms with Gasteiger partial charge in [-0.25, -0.2) is 4.98 Å². The van der Waals surface area contributed by atoms with Gasteiger partial charge in [0, 0.05) is 21.5 Å². The summed E-state index contributed by atoms with van der Waals surface area (Å²) in [6.07, 6.45) is 0. The molecule has 5 rings (SSSR count). The molecule has 0 aliphatic carbocycles. The molecule has 0 unspecified atom stereocenters. The first-order chi connectivity index (χ1) is 10.8. The first-order valence-electron chi connectivity index (χ1n) is 7.10. The van der Waals surface area contributed by atoms with Crippen LogP contribution in [0.2, 0.25) is 0 Å². The minimum Gasteiger partial charge on any atom is -0.436 e. The molecule has 22 heavy (non-hydrogen) atoms. The van der Waals surface area contributed by atoms with E-state index in [0.717, 1.165) is 37.1 Å². The van der Waals surface area contributed by atoms with Crippen LogP contribution < -0.4 is 0 Å². The van der Waals surface area contributed by atoms with Gasteiger partial charge < -0.3 is 4.42 Å². The highest BCUT2D eigenvalue weighted by molar-refractivity contribution is 9.10. The lowest BCUT2D eigenvalue weighted by Crippen LogP contribution is -1.82. The fourth-order valence-electron chi connectivity index (χ4n) is 3.08. The summed E-state index contributed by atoms with van der Waals surface area (Å²) in [7, 11) is 0. The van der Waals surface area contributed by atoms with Crippen LogP contribution in [0.5, 0.6) is 0 Å². The van der Waals surface area contributed by atoms with Gasteiger partial charge in [0.2, 0.25) is 5.71 Å². The number of pyridine rings is 1. The lowest BCUT2D eigenvalue weighted by atomic mass is 10.0. The van der Waals surface area contributed by atoms with Gasteiger partial charge in [-0.05, 0) is 33.4 Å². The number of halogens is 1. The summed E-state index contributed by atoms with van der Waals surface area (Å²) in [6.45, 7) is 0. The van der Waals surface area contributed by atoms with Crippen molar-refractivity contribution in [1.29, 1.82) is 0 Å². The van der Waals surface area contributed by atoms with Crippen LogP contribution in [0.4, 0.5) is 0 Å². The average molecular weight is 348 g/mol. The van der Waals surface area contributed by atoms with Crippen LogP contribution in [0.3, 0.4) is 0 Å². The summed E-state index contributed by atoms with van der Waals surface area (Å²) < 4.78 is 6.94. The zero-order valence-electron chi connectivity index (χ0n) is 11.5. The Hall–Kier alpha value is -2.39. The normalized spacial score (nSPS) is 11.9. The van der Waals surface area contributed by atoms with Gasteiger partial charge in [-0.1, -0.05) is 48.5 Å². The third-order valence-electron chi connectivity index (χ3n) is 4.13. The first kappa shape index (κ1) is 12.2. The topological polar surface area (TPSA) is 26.0 Å². The van der Waals surface area contributed by atoms with Crippen molar-refractivity contribution in [2.45, 2.75) is 0 Å². The number of hydrogen-bond acceptors (Lipinski definition) is 2. The summed E-state index contributed by atoms with van der Waals surface area (Å²) in [4.78, 5) is 4.80. The van der Waals surface area contributed by atoms with Gasteiger partial charge in [-0.3, -0.25) is 0 Å². The van der Waals surface area contributed by atoms with E-state index in [1.165, 1.54) is 5.39 Å². The van der Waals surface area contributed by atoms with E-state index in [-0.39, 0.29) is 0 Å². The molecule has 0 saturated carbocycles. The molecule has 3 heteroatoms. The van der Waals surface area contributed by atoms with Crippen molar-refractivity contribution in [3.05, 3.63) is 65.1 Å². The quantitative estimate of drug-likeness (QED) is 0.318. The molecule has 0 bridgehead atoms. The standard InChI is InChI=1S/C19H10BrNO/c20-16-7-3-6-14-15-10-12-9-8-11-4-1-2-5-13(11)17(12)21-19(15)22-18(14)16/h1-10H. The number of furan rings is 1. The van der Waals surface area contributed by atoms with E-state index < -0.39 is 0 Å². The molecule has 0 N–H and O–H groups in total. The highest BCUT2D eigenvalue weighted by Crippen LogP contribution is 2.35. The highest BCUT2D eigenvalue weighted by Gasteiger charge is 2.12. The Labute approximate surface area is 134 Å². The van der Waals surface area contributed by atoms with Gasteiger partial charge in [0.1, 0.15) is 0 Å². The molecule has 2 aromatic heterocycles. The Balaban J connectivity index is 2.03. The summed E-state index contributed by atoms with van der Waals surface area (Å²) >= 11 is 3.55. The Morgan fingerprint density at radius 1 is 0.773 bits per heavy atom. The van der Waals surface area contributed by atoms with Crippen LogP contribution in [-0.2, 0) is 0 Å². The number of benzene rings is 3. The van der Waals surface area contributed by atoms with Crippen molar-refractivity contribution in [2.75, 3.05) is 0 Å². The molecule has 0 amide bonds. The lowest BCUT2D eigenvalue weighted by Gasteiger charge is -2.02. The van der Waals surface area contributed by atoms with E-state index in [2.05, 4.69) is 52.3 Å². The van der Waals surface area contributed by atoms with Gasteiger partial charge in [-0.15, -0.1) is 0 Å². The second kappa shape index (κ2) is 4.31. The van der Waals surface area contributed by atoms with Crippen molar-refractivity contribution in [3.8, 4) is 0 Å². The molecule has 0 aliphatic heterocycles. The van der Waals surface area contributed by atoms with E-state index in [1.54, 1.807) is 0 Å². The zero-order chi connectivity index (χ0) is 14.7. The second-order valence-electron chi connectivity index (χ2n) is 5.42.